The van der Waals surface area contributed by atoms with E-state index in [1.165, 1.54) is 19.3 Å². The first-order chi connectivity index (χ1) is 5.65. The summed E-state index contributed by atoms with van der Waals surface area (Å²) in [6.45, 7) is 6.60. The van der Waals surface area contributed by atoms with E-state index in [1.807, 2.05) is 0 Å². The number of hydrogen-bond acceptors (Lipinski definition) is 1. The van der Waals surface area contributed by atoms with E-state index in [1.54, 1.807) is 0 Å². The summed E-state index contributed by atoms with van der Waals surface area (Å²) in [5.41, 5.74) is 0. The van der Waals surface area contributed by atoms with Crippen molar-refractivity contribution in [2.45, 2.75) is 57.1 Å². The zero-order valence-corrected chi connectivity index (χ0v) is 9.80. The number of alkyl halides is 1. The molecule has 0 aromatic rings. The fourth-order valence-electron chi connectivity index (χ4n) is 2.03. The van der Waals surface area contributed by atoms with E-state index in [0.29, 0.717) is 17.0 Å². The molecular formula is C10H19BrO. The van der Waals surface area contributed by atoms with Crippen molar-refractivity contribution in [2.75, 3.05) is 0 Å². The van der Waals surface area contributed by atoms with E-state index in [4.69, 9.17) is 4.74 Å². The van der Waals surface area contributed by atoms with Crippen LogP contribution in [0.25, 0.3) is 0 Å². The summed E-state index contributed by atoms with van der Waals surface area (Å²) in [6.07, 6.45) is 4.65. The standard InChI is InChI=1S/C10H19BrO/c1-4-5-10(11)9-6-7(2)12-8(9)3/h7-10H,4-6H2,1-3H3. The molecule has 0 aromatic carbocycles. The first-order valence-electron chi connectivity index (χ1n) is 4.94. The summed E-state index contributed by atoms with van der Waals surface area (Å²) in [5, 5.41) is 0. The Morgan fingerprint density at radius 3 is 2.58 bits per heavy atom. The van der Waals surface area contributed by atoms with Crippen LogP contribution in [0.3, 0.4) is 0 Å². The van der Waals surface area contributed by atoms with E-state index >= 15 is 0 Å². The van der Waals surface area contributed by atoms with Gasteiger partial charge in [0.2, 0.25) is 0 Å². The van der Waals surface area contributed by atoms with Crippen LogP contribution in [0.2, 0.25) is 0 Å². The Morgan fingerprint density at radius 2 is 2.17 bits per heavy atom. The topological polar surface area (TPSA) is 9.23 Å². The number of halogens is 1. The molecule has 0 radical (unpaired) electrons. The molecule has 4 atom stereocenters. The minimum atomic E-state index is 0.441. The predicted octanol–water partition coefficient (Wildman–Crippen LogP) is 3.36. The molecule has 0 spiro atoms. The smallest absolute Gasteiger partial charge is 0.0590 e. The summed E-state index contributed by atoms with van der Waals surface area (Å²) >= 11 is 3.75. The molecule has 0 amide bonds. The van der Waals surface area contributed by atoms with Gasteiger partial charge < -0.3 is 4.74 Å². The highest BCUT2D eigenvalue weighted by molar-refractivity contribution is 9.09. The Bertz CT molecular complexity index is 138. The highest BCUT2D eigenvalue weighted by Crippen LogP contribution is 2.34. The fourth-order valence-corrected chi connectivity index (χ4v) is 3.13. The largest absolute Gasteiger partial charge is 0.375 e. The predicted molar refractivity (Wildman–Crippen MR) is 55.7 cm³/mol. The third-order valence-electron chi connectivity index (χ3n) is 2.68. The third kappa shape index (κ3) is 2.46. The molecule has 2 heteroatoms. The van der Waals surface area contributed by atoms with E-state index in [0.717, 1.165) is 5.92 Å². The molecule has 0 bridgehead atoms. The van der Waals surface area contributed by atoms with Gasteiger partial charge in [-0.05, 0) is 32.6 Å². The minimum Gasteiger partial charge on any atom is -0.375 e. The first kappa shape index (κ1) is 10.5. The number of ether oxygens (including phenoxy) is 1. The van der Waals surface area contributed by atoms with Gasteiger partial charge >= 0.3 is 0 Å². The SMILES string of the molecule is CCCC(Br)C1CC(C)OC1C. The second-order valence-electron chi connectivity index (χ2n) is 3.86. The van der Waals surface area contributed by atoms with Crippen LogP contribution in [0.4, 0.5) is 0 Å². The van der Waals surface area contributed by atoms with Crippen molar-refractivity contribution in [1.29, 1.82) is 0 Å². The summed E-state index contributed by atoms with van der Waals surface area (Å²) < 4.78 is 5.71. The van der Waals surface area contributed by atoms with Crippen LogP contribution >= 0.6 is 15.9 Å². The second-order valence-corrected chi connectivity index (χ2v) is 5.03. The summed E-state index contributed by atoms with van der Waals surface area (Å²) in [7, 11) is 0. The maximum atomic E-state index is 5.71. The quantitative estimate of drug-likeness (QED) is 0.681. The fraction of sp³-hybridized carbons (Fsp3) is 1.00. The molecule has 1 heterocycles. The first-order valence-corrected chi connectivity index (χ1v) is 5.86. The zero-order chi connectivity index (χ0) is 9.14. The molecule has 1 aliphatic rings. The van der Waals surface area contributed by atoms with Gasteiger partial charge in [0.1, 0.15) is 0 Å². The lowest BCUT2D eigenvalue weighted by molar-refractivity contribution is 0.0557. The van der Waals surface area contributed by atoms with E-state index in [9.17, 15) is 0 Å². The Morgan fingerprint density at radius 1 is 1.50 bits per heavy atom. The van der Waals surface area contributed by atoms with Crippen LogP contribution in [-0.2, 0) is 4.74 Å². The molecule has 1 fully saturated rings. The molecule has 0 saturated carbocycles. The highest BCUT2D eigenvalue weighted by atomic mass is 79.9. The Hall–Kier alpha value is 0.440. The normalized spacial score (nSPS) is 38.5. The number of hydrogen-bond donors (Lipinski definition) is 0. The molecule has 1 nitrogen and oxygen atoms in total. The monoisotopic (exact) mass is 234 g/mol. The van der Waals surface area contributed by atoms with E-state index in [2.05, 4.69) is 36.7 Å². The summed E-state index contributed by atoms with van der Waals surface area (Å²) in [4.78, 5) is 0.655. The van der Waals surface area contributed by atoms with Crippen molar-refractivity contribution in [3.63, 3.8) is 0 Å². The Labute approximate surface area is 84.0 Å². The van der Waals surface area contributed by atoms with Crippen LogP contribution < -0.4 is 0 Å². The molecule has 1 saturated heterocycles. The lowest BCUT2D eigenvalue weighted by Gasteiger charge is -2.19. The van der Waals surface area contributed by atoms with E-state index < -0.39 is 0 Å². The second kappa shape index (κ2) is 4.61. The molecule has 0 aliphatic carbocycles. The average Bonchev–Trinajstić information content (AvgIpc) is 2.30. The molecule has 12 heavy (non-hydrogen) atoms. The minimum absolute atomic E-state index is 0.441. The van der Waals surface area contributed by atoms with Crippen molar-refractivity contribution in [1.82, 2.24) is 0 Å². The van der Waals surface area contributed by atoms with E-state index in [-0.39, 0.29) is 0 Å². The Kier molecular flexibility index (Phi) is 4.04. The van der Waals surface area contributed by atoms with Gasteiger partial charge in [-0.2, -0.15) is 0 Å². The number of rotatable bonds is 3. The zero-order valence-electron chi connectivity index (χ0n) is 8.22. The molecule has 1 rings (SSSR count). The molecule has 1 aliphatic heterocycles. The van der Waals surface area contributed by atoms with Crippen LogP contribution in [0, 0.1) is 5.92 Å². The molecular weight excluding hydrogens is 216 g/mol. The van der Waals surface area contributed by atoms with Crippen molar-refractivity contribution in [3.8, 4) is 0 Å². The molecule has 4 unspecified atom stereocenters. The molecule has 72 valence electrons. The van der Waals surface area contributed by atoms with Gasteiger partial charge in [-0.3, -0.25) is 0 Å². The summed E-state index contributed by atoms with van der Waals surface area (Å²) in [5.74, 6) is 0.722. The average molecular weight is 235 g/mol. The molecule has 0 N–H and O–H groups in total. The van der Waals surface area contributed by atoms with Gasteiger partial charge in [-0.15, -0.1) is 0 Å². The van der Waals surface area contributed by atoms with Crippen LogP contribution in [-0.4, -0.2) is 17.0 Å². The maximum absolute atomic E-state index is 5.71. The lowest BCUT2D eigenvalue weighted by Crippen LogP contribution is -2.21. The Balaban J connectivity index is 2.40. The van der Waals surface area contributed by atoms with Gasteiger partial charge in [-0.1, -0.05) is 29.3 Å². The van der Waals surface area contributed by atoms with Gasteiger partial charge in [0.05, 0.1) is 12.2 Å². The van der Waals surface area contributed by atoms with Crippen molar-refractivity contribution < 1.29 is 4.74 Å². The maximum Gasteiger partial charge on any atom is 0.0590 e. The van der Waals surface area contributed by atoms with Crippen molar-refractivity contribution in [3.05, 3.63) is 0 Å². The van der Waals surface area contributed by atoms with Crippen molar-refractivity contribution in [2.24, 2.45) is 5.92 Å². The van der Waals surface area contributed by atoms with Crippen LogP contribution in [0.1, 0.15) is 40.0 Å². The van der Waals surface area contributed by atoms with Gasteiger partial charge in [-0.25, -0.2) is 0 Å². The van der Waals surface area contributed by atoms with Gasteiger partial charge in [0.15, 0.2) is 0 Å². The lowest BCUT2D eigenvalue weighted by atomic mass is 9.94. The molecule has 0 aromatic heterocycles. The van der Waals surface area contributed by atoms with Gasteiger partial charge in [0.25, 0.3) is 0 Å². The van der Waals surface area contributed by atoms with Crippen LogP contribution in [0.5, 0.6) is 0 Å². The van der Waals surface area contributed by atoms with Crippen LogP contribution in [0.15, 0.2) is 0 Å². The third-order valence-corrected chi connectivity index (χ3v) is 3.82. The van der Waals surface area contributed by atoms with Gasteiger partial charge in [0, 0.05) is 4.83 Å². The summed E-state index contributed by atoms with van der Waals surface area (Å²) in [6, 6.07) is 0. The highest BCUT2D eigenvalue weighted by Gasteiger charge is 2.33. The van der Waals surface area contributed by atoms with Crippen molar-refractivity contribution >= 4 is 15.9 Å².